The molecule has 0 bridgehead atoms. The average molecular weight is 277 g/mol. The second-order valence-electron chi connectivity index (χ2n) is 6.58. The molecule has 1 saturated carbocycles. The molecule has 20 heavy (non-hydrogen) atoms. The molecule has 2 fully saturated rings. The molecule has 1 aliphatic carbocycles. The van der Waals surface area contributed by atoms with E-state index in [1.807, 2.05) is 0 Å². The second kappa shape index (κ2) is 7.99. The summed E-state index contributed by atoms with van der Waals surface area (Å²) in [5, 5.41) is 13.7. The SMILES string of the molecule is CCCCC=CC=CC1CCCC2NC(C)C(O)CC12. The van der Waals surface area contributed by atoms with Crippen molar-refractivity contribution in [2.45, 2.75) is 77.0 Å². The van der Waals surface area contributed by atoms with Gasteiger partial charge in [0.05, 0.1) is 6.10 Å². The predicted octanol–water partition coefficient (Wildman–Crippen LogP) is 3.82. The van der Waals surface area contributed by atoms with Crippen LogP contribution in [0.4, 0.5) is 0 Å². The van der Waals surface area contributed by atoms with E-state index in [0.717, 1.165) is 6.42 Å². The number of hydrogen-bond acceptors (Lipinski definition) is 2. The lowest BCUT2D eigenvalue weighted by Gasteiger charge is -2.45. The van der Waals surface area contributed by atoms with Crippen molar-refractivity contribution < 1.29 is 5.11 Å². The van der Waals surface area contributed by atoms with Crippen LogP contribution in [0.5, 0.6) is 0 Å². The van der Waals surface area contributed by atoms with Crippen LogP contribution in [0, 0.1) is 11.8 Å². The molecule has 2 rings (SSSR count). The summed E-state index contributed by atoms with van der Waals surface area (Å²) in [5.41, 5.74) is 0. The van der Waals surface area contributed by atoms with Crippen molar-refractivity contribution in [2.75, 3.05) is 0 Å². The van der Waals surface area contributed by atoms with Gasteiger partial charge < -0.3 is 10.4 Å². The first-order valence-corrected chi connectivity index (χ1v) is 8.49. The van der Waals surface area contributed by atoms with Gasteiger partial charge in [0.2, 0.25) is 0 Å². The van der Waals surface area contributed by atoms with Gasteiger partial charge in [0, 0.05) is 12.1 Å². The number of fused-ring (bicyclic) bond motifs is 1. The maximum absolute atomic E-state index is 10.1. The van der Waals surface area contributed by atoms with Crippen molar-refractivity contribution in [3.63, 3.8) is 0 Å². The van der Waals surface area contributed by atoms with E-state index in [-0.39, 0.29) is 12.1 Å². The number of nitrogens with one attached hydrogen (secondary N) is 1. The van der Waals surface area contributed by atoms with Crippen molar-refractivity contribution in [3.8, 4) is 0 Å². The van der Waals surface area contributed by atoms with Gasteiger partial charge in [-0.2, -0.15) is 0 Å². The molecule has 0 aromatic rings. The maximum atomic E-state index is 10.1. The molecule has 114 valence electrons. The Morgan fingerprint density at radius 1 is 1.25 bits per heavy atom. The highest BCUT2D eigenvalue weighted by atomic mass is 16.3. The fraction of sp³-hybridized carbons (Fsp3) is 0.778. The van der Waals surface area contributed by atoms with Gasteiger partial charge in [-0.15, -0.1) is 0 Å². The largest absolute Gasteiger partial charge is 0.392 e. The third-order valence-corrected chi connectivity index (χ3v) is 5.02. The predicted molar refractivity (Wildman–Crippen MR) is 85.6 cm³/mol. The van der Waals surface area contributed by atoms with Gasteiger partial charge in [-0.05, 0) is 44.4 Å². The van der Waals surface area contributed by atoms with Gasteiger partial charge in [-0.1, -0.05) is 50.5 Å². The summed E-state index contributed by atoms with van der Waals surface area (Å²) >= 11 is 0. The van der Waals surface area contributed by atoms with E-state index < -0.39 is 0 Å². The normalized spacial score (nSPS) is 38.5. The van der Waals surface area contributed by atoms with Crippen LogP contribution in [0.15, 0.2) is 24.3 Å². The number of rotatable bonds is 5. The summed E-state index contributed by atoms with van der Waals surface area (Å²) < 4.78 is 0. The van der Waals surface area contributed by atoms with Crippen LogP contribution in [-0.4, -0.2) is 23.3 Å². The van der Waals surface area contributed by atoms with Gasteiger partial charge in [0.1, 0.15) is 0 Å². The zero-order chi connectivity index (χ0) is 14.4. The molecule has 1 aliphatic heterocycles. The minimum atomic E-state index is -0.176. The Hall–Kier alpha value is -0.600. The van der Waals surface area contributed by atoms with Crippen molar-refractivity contribution >= 4 is 0 Å². The Balaban J connectivity index is 1.87. The van der Waals surface area contributed by atoms with Crippen LogP contribution in [0.2, 0.25) is 0 Å². The lowest BCUT2D eigenvalue weighted by Crippen LogP contribution is -2.56. The quantitative estimate of drug-likeness (QED) is 0.591. The van der Waals surface area contributed by atoms with Gasteiger partial charge >= 0.3 is 0 Å². The lowest BCUT2D eigenvalue weighted by atomic mass is 9.70. The molecule has 0 spiro atoms. The Labute approximate surface area is 124 Å². The first-order valence-electron chi connectivity index (χ1n) is 8.49. The van der Waals surface area contributed by atoms with Crippen LogP contribution >= 0.6 is 0 Å². The van der Waals surface area contributed by atoms with E-state index in [4.69, 9.17) is 0 Å². The summed E-state index contributed by atoms with van der Waals surface area (Å²) in [6.45, 7) is 4.34. The molecular formula is C18H31NO. The number of allylic oxidation sites excluding steroid dienone is 4. The first-order chi connectivity index (χ1) is 9.72. The standard InChI is InChI=1S/C18H31NO/c1-3-4-5-6-7-8-10-15-11-9-12-17-16(15)13-18(20)14(2)19-17/h6-8,10,14-20H,3-5,9,11-13H2,1-2H3. The average Bonchev–Trinajstić information content (AvgIpc) is 2.44. The summed E-state index contributed by atoms with van der Waals surface area (Å²) in [6, 6.07) is 0.869. The van der Waals surface area contributed by atoms with E-state index in [0.29, 0.717) is 17.9 Å². The molecule has 0 radical (unpaired) electrons. The number of piperidine rings is 1. The molecule has 0 aromatic heterocycles. The van der Waals surface area contributed by atoms with Crippen LogP contribution in [0.25, 0.3) is 0 Å². The zero-order valence-electron chi connectivity index (χ0n) is 13.1. The van der Waals surface area contributed by atoms with Crippen molar-refractivity contribution in [1.82, 2.24) is 5.32 Å². The lowest BCUT2D eigenvalue weighted by molar-refractivity contribution is 0.0249. The van der Waals surface area contributed by atoms with Crippen LogP contribution < -0.4 is 5.32 Å². The Bertz CT molecular complexity index is 336. The highest BCUT2D eigenvalue weighted by molar-refractivity contribution is 5.08. The number of aliphatic hydroxyl groups excluding tert-OH is 1. The maximum Gasteiger partial charge on any atom is 0.0694 e. The summed E-state index contributed by atoms with van der Waals surface area (Å²) in [4.78, 5) is 0. The second-order valence-corrected chi connectivity index (χ2v) is 6.58. The molecule has 2 heteroatoms. The molecule has 1 heterocycles. The summed E-state index contributed by atoms with van der Waals surface area (Å²) in [7, 11) is 0. The highest BCUT2D eigenvalue weighted by Crippen LogP contribution is 2.37. The van der Waals surface area contributed by atoms with Gasteiger partial charge in [0.15, 0.2) is 0 Å². The number of hydrogen-bond donors (Lipinski definition) is 2. The molecule has 2 N–H and O–H groups in total. The fourth-order valence-electron chi connectivity index (χ4n) is 3.72. The molecule has 5 atom stereocenters. The van der Waals surface area contributed by atoms with E-state index in [1.54, 1.807) is 0 Å². The molecule has 5 unspecified atom stereocenters. The van der Waals surface area contributed by atoms with Crippen molar-refractivity contribution in [2.24, 2.45) is 11.8 Å². The Kier molecular flexibility index (Phi) is 6.31. The molecule has 2 nitrogen and oxygen atoms in total. The molecule has 2 aliphatic rings. The summed E-state index contributed by atoms with van der Waals surface area (Å²) in [5.74, 6) is 1.26. The van der Waals surface area contributed by atoms with Crippen LogP contribution in [0.3, 0.4) is 0 Å². The highest BCUT2D eigenvalue weighted by Gasteiger charge is 2.38. The van der Waals surface area contributed by atoms with E-state index in [9.17, 15) is 5.11 Å². The summed E-state index contributed by atoms with van der Waals surface area (Å²) in [6.07, 6.45) is 17.5. The van der Waals surface area contributed by atoms with Crippen molar-refractivity contribution in [3.05, 3.63) is 24.3 Å². The van der Waals surface area contributed by atoms with E-state index >= 15 is 0 Å². The minimum Gasteiger partial charge on any atom is -0.392 e. The minimum absolute atomic E-state index is 0.176. The Morgan fingerprint density at radius 2 is 2.10 bits per heavy atom. The third kappa shape index (κ3) is 4.20. The van der Waals surface area contributed by atoms with E-state index in [1.165, 1.54) is 38.5 Å². The molecular weight excluding hydrogens is 246 g/mol. The van der Waals surface area contributed by atoms with Gasteiger partial charge in [0.25, 0.3) is 0 Å². The van der Waals surface area contributed by atoms with Crippen LogP contribution in [0.1, 0.15) is 58.8 Å². The molecule has 1 saturated heterocycles. The zero-order valence-corrected chi connectivity index (χ0v) is 13.1. The molecule has 0 amide bonds. The van der Waals surface area contributed by atoms with Gasteiger partial charge in [-0.3, -0.25) is 0 Å². The third-order valence-electron chi connectivity index (χ3n) is 5.02. The Morgan fingerprint density at radius 3 is 2.90 bits per heavy atom. The van der Waals surface area contributed by atoms with E-state index in [2.05, 4.69) is 43.5 Å². The fourth-order valence-corrected chi connectivity index (χ4v) is 3.72. The first kappa shape index (κ1) is 15.8. The molecule has 0 aromatic carbocycles. The number of aliphatic hydroxyl groups is 1. The topological polar surface area (TPSA) is 32.3 Å². The number of unbranched alkanes of at least 4 members (excludes halogenated alkanes) is 2. The monoisotopic (exact) mass is 277 g/mol. The van der Waals surface area contributed by atoms with Gasteiger partial charge in [-0.25, -0.2) is 0 Å². The van der Waals surface area contributed by atoms with Crippen LogP contribution in [-0.2, 0) is 0 Å². The smallest absolute Gasteiger partial charge is 0.0694 e. The van der Waals surface area contributed by atoms with Crippen molar-refractivity contribution in [1.29, 1.82) is 0 Å².